The van der Waals surface area contributed by atoms with Gasteiger partial charge in [-0.3, -0.25) is 4.79 Å². The predicted octanol–water partition coefficient (Wildman–Crippen LogP) is 3.77. The van der Waals surface area contributed by atoms with Gasteiger partial charge in [-0.25, -0.2) is 4.68 Å². The number of aryl methyl sites for hydroxylation is 1. The average Bonchev–Trinajstić information content (AvgIpc) is 2.91. The molecule has 6 nitrogen and oxygen atoms in total. The van der Waals surface area contributed by atoms with E-state index in [9.17, 15) is 18.0 Å². The van der Waals surface area contributed by atoms with E-state index in [0.717, 1.165) is 4.68 Å². The van der Waals surface area contributed by atoms with Gasteiger partial charge >= 0.3 is 6.18 Å². The molecule has 27 heavy (non-hydrogen) atoms. The van der Waals surface area contributed by atoms with Crippen molar-refractivity contribution in [1.29, 1.82) is 0 Å². The van der Waals surface area contributed by atoms with Crippen molar-refractivity contribution in [2.24, 2.45) is 7.05 Å². The van der Waals surface area contributed by atoms with Gasteiger partial charge in [-0.2, -0.15) is 18.3 Å². The van der Waals surface area contributed by atoms with Crippen molar-refractivity contribution in [3.8, 4) is 5.88 Å². The van der Waals surface area contributed by atoms with E-state index in [1.807, 2.05) is 6.92 Å². The van der Waals surface area contributed by atoms with Gasteiger partial charge in [0.15, 0.2) is 5.69 Å². The number of carbonyl (C=O) groups is 1. The lowest BCUT2D eigenvalue weighted by atomic mass is 10.1. The summed E-state index contributed by atoms with van der Waals surface area (Å²) in [4.78, 5) is 12.6. The summed E-state index contributed by atoms with van der Waals surface area (Å²) in [6.45, 7) is 3.86. The number of carbonyl (C=O) groups excluding carboxylic acids is 1. The number of ether oxygens (including phenoxy) is 1. The lowest BCUT2D eigenvalue weighted by Crippen LogP contribution is -2.25. The summed E-state index contributed by atoms with van der Waals surface area (Å²) in [5.74, 6) is -0.619. The van der Waals surface area contributed by atoms with Crippen molar-refractivity contribution in [3.05, 3.63) is 39.5 Å². The van der Waals surface area contributed by atoms with Gasteiger partial charge in [0, 0.05) is 29.9 Å². The van der Waals surface area contributed by atoms with Crippen LogP contribution in [0.25, 0.3) is 0 Å². The average molecular weight is 405 g/mol. The summed E-state index contributed by atoms with van der Waals surface area (Å²) < 4.78 is 45.6. The smallest absolute Gasteiger partial charge is 0.435 e. The number of rotatable bonds is 6. The molecule has 1 amide bonds. The first-order valence-corrected chi connectivity index (χ1v) is 8.47. The second-order valence-electron chi connectivity index (χ2n) is 5.80. The van der Waals surface area contributed by atoms with Gasteiger partial charge in [-0.05, 0) is 31.5 Å². The highest BCUT2D eigenvalue weighted by molar-refractivity contribution is 6.31. The molecule has 0 spiro atoms. The van der Waals surface area contributed by atoms with Crippen LogP contribution in [0.4, 0.5) is 18.9 Å². The Labute approximate surface area is 159 Å². The van der Waals surface area contributed by atoms with Crippen LogP contribution in [0.1, 0.15) is 34.1 Å². The van der Waals surface area contributed by atoms with Gasteiger partial charge in [-0.1, -0.05) is 11.6 Å². The molecule has 1 heterocycles. The zero-order valence-electron chi connectivity index (χ0n) is 15.3. The Morgan fingerprint density at radius 3 is 2.59 bits per heavy atom. The third kappa shape index (κ3) is 4.47. The van der Waals surface area contributed by atoms with E-state index in [2.05, 4.69) is 15.7 Å². The van der Waals surface area contributed by atoms with Gasteiger partial charge in [0.25, 0.3) is 5.91 Å². The maximum absolute atomic E-state index is 13.2. The Balaban J connectivity index is 2.32. The Bertz CT molecular complexity index is 850. The summed E-state index contributed by atoms with van der Waals surface area (Å²) in [7, 11) is 2.58. The van der Waals surface area contributed by atoms with Gasteiger partial charge in [0.05, 0.1) is 19.2 Å². The van der Waals surface area contributed by atoms with Crippen molar-refractivity contribution in [2.75, 3.05) is 19.0 Å². The van der Waals surface area contributed by atoms with E-state index >= 15 is 0 Å². The minimum absolute atomic E-state index is 0.0706. The highest BCUT2D eigenvalue weighted by Crippen LogP contribution is 2.35. The Morgan fingerprint density at radius 2 is 2.04 bits per heavy atom. The van der Waals surface area contributed by atoms with Crippen LogP contribution >= 0.6 is 11.6 Å². The number of benzene rings is 1. The molecule has 0 atom stereocenters. The van der Waals surface area contributed by atoms with Crippen molar-refractivity contribution in [1.82, 2.24) is 15.1 Å². The number of amides is 1. The number of nitrogens with zero attached hydrogens (tertiary/aromatic N) is 2. The highest BCUT2D eigenvalue weighted by atomic mass is 35.5. The highest BCUT2D eigenvalue weighted by Gasteiger charge is 2.39. The number of nitrogens with one attached hydrogen (secondary N) is 2. The van der Waals surface area contributed by atoms with Crippen LogP contribution in [0.15, 0.2) is 12.1 Å². The molecule has 0 saturated heterocycles. The summed E-state index contributed by atoms with van der Waals surface area (Å²) in [6, 6.07) is 3.15. The fourth-order valence-corrected chi connectivity index (χ4v) is 2.97. The quantitative estimate of drug-likeness (QED) is 0.769. The third-order valence-electron chi connectivity index (χ3n) is 3.96. The first-order valence-electron chi connectivity index (χ1n) is 8.09. The normalized spacial score (nSPS) is 11.4. The number of alkyl halides is 3. The van der Waals surface area contributed by atoms with E-state index in [-0.39, 0.29) is 17.0 Å². The van der Waals surface area contributed by atoms with Crippen LogP contribution in [0.5, 0.6) is 5.88 Å². The second-order valence-corrected chi connectivity index (χ2v) is 6.23. The van der Waals surface area contributed by atoms with Crippen molar-refractivity contribution in [3.63, 3.8) is 0 Å². The number of aromatic nitrogens is 2. The first kappa shape index (κ1) is 20.9. The number of hydrogen-bond donors (Lipinski definition) is 2. The molecule has 10 heteroatoms. The molecule has 0 bridgehead atoms. The minimum Gasteiger partial charge on any atom is -0.481 e. The zero-order chi connectivity index (χ0) is 20.4. The number of methoxy groups -OCH3 is 1. The topological polar surface area (TPSA) is 68.2 Å². The van der Waals surface area contributed by atoms with E-state index in [4.69, 9.17) is 16.3 Å². The molecular weight excluding hydrogens is 385 g/mol. The van der Waals surface area contributed by atoms with Crippen LogP contribution in [0.3, 0.4) is 0 Å². The Kier molecular flexibility index (Phi) is 6.25. The SMILES string of the molecule is CCNc1cc(Cl)cc(C(=O)NCc2c(C(F)(F)F)nn(C)c2OC)c1C. The third-order valence-corrected chi connectivity index (χ3v) is 4.18. The summed E-state index contributed by atoms with van der Waals surface area (Å²) in [5, 5.41) is 9.39. The molecule has 0 saturated carbocycles. The van der Waals surface area contributed by atoms with Gasteiger partial charge in [-0.15, -0.1) is 0 Å². The first-order chi connectivity index (χ1) is 12.6. The van der Waals surface area contributed by atoms with Crippen LogP contribution in [0, 0.1) is 6.92 Å². The van der Waals surface area contributed by atoms with Gasteiger partial charge in [0.2, 0.25) is 5.88 Å². The minimum atomic E-state index is -4.67. The van der Waals surface area contributed by atoms with Gasteiger partial charge in [0.1, 0.15) is 0 Å². The molecule has 0 fully saturated rings. The molecule has 2 aromatic rings. The molecule has 2 N–H and O–H groups in total. The van der Waals surface area contributed by atoms with E-state index < -0.39 is 24.3 Å². The van der Waals surface area contributed by atoms with Crippen molar-refractivity contribution < 1.29 is 22.7 Å². The van der Waals surface area contributed by atoms with E-state index in [1.54, 1.807) is 13.0 Å². The molecule has 0 unspecified atom stereocenters. The summed E-state index contributed by atoms with van der Waals surface area (Å²) in [5.41, 5.74) is 0.263. The predicted molar refractivity (Wildman–Crippen MR) is 96.3 cm³/mol. The van der Waals surface area contributed by atoms with Crippen LogP contribution in [-0.4, -0.2) is 29.3 Å². The summed E-state index contributed by atoms with van der Waals surface area (Å²) in [6.07, 6.45) is -4.67. The molecule has 2 rings (SSSR count). The van der Waals surface area contributed by atoms with Gasteiger partial charge < -0.3 is 15.4 Å². The van der Waals surface area contributed by atoms with Crippen molar-refractivity contribution >= 4 is 23.2 Å². The van der Waals surface area contributed by atoms with Crippen LogP contribution in [0.2, 0.25) is 5.02 Å². The maximum Gasteiger partial charge on any atom is 0.435 e. The van der Waals surface area contributed by atoms with Crippen molar-refractivity contribution in [2.45, 2.75) is 26.6 Å². The molecule has 0 aliphatic heterocycles. The zero-order valence-corrected chi connectivity index (χ0v) is 16.0. The fraction of sp³-hybridized carbons (Fsp3) is 0.412. The maximum atomic E-state index is 13.2. The van der Waals surface area contributed by atoms with E-state index in [1.165, 1.54) is 20.2 Å². The number of hydrogen-bond acceptors (Lipinski definition) is 4. The van der Waals surface area contributed by atoms with E-state index in [0.29, 0.717) is 22.8 Å². The lowest BCUT2D eigenvalue weighted by Gasteiger charge is -2.14. The standard InChI is InChI=1S/C17H20ClF3N4O2/c1-5-22-13-7-10(18)6-11(9(13)2)15(26)23-8-12-14(17(19,20)21)24-25(3)16(12)27-4/h6-7,22H,5,8H2,1-4H3,(H,23,26). The Hall–Kier alpha value is -2.42. The van der Waals surface area contributed by atoms with Crippen LogP contribution in [-0.2, 0) is 19.8 Å². The lowest BCUT2D eigenvalue weighted by molar-refractivity contribution is -0.142. The molecular formula is C17H20ClF3N4O2. The second kappa shape index (κ2) is 8.08. The molecule has 0 aliphatic carbocycles. The summed E-state index contributed by atoms with van der Waals surface area (Å²) >= 11 is 6.05. The molecule has 1 aromatic carbocycles. The molecule has 1 aromatic heterocycles. The Morgan fingerprint density at radius 1 is 1.37 bits per heavy atom. The number of anilines is 1. The monoisotopic (exact) mass is 404 g/mol. The van der Waals surface area contributed by atoms with Crippen LogP contribution < -0.4 is 15.4 Å². The molecule has 0 aliphatic rings. The molecule has 148 valence electrons. The number of halogens is 4. The largest absolute Gasteiger partial charge is 0.481 e. The molecule has 0 radical (unpaired) electrons. The fourth-order valence-electron chi connectivity index (χ4n) is 2.75.